The monoisotopic (exact) mass is 447 g/mol. The lowest BCUT2D eigenvalue weighted by Gasteiger charge is -2.21. The summed E-state index contributed by atoms with van der Waals surface area (Å²) >= 11 is 0. The molecule has 0 unspecified atom stereocenters. The van der Waals surface area contributed by atoms with Gasteiger partial charge in [0.05, 0.1) is 13.2 Å². The number of carbonyl (C=O) groups excluding carboxylic acids is 2. The minimum atomic E-state index is -0.222. The number of amides is 2. The van der Waals surface area contributed by atoms with Gasteiger partial charge in [0.15, 0.2) is 0 Å². The van der Waals surface area contributed by atoms with Crippen molar-refractivity contribution in [1.29, 1.82) is 0 Å². The van der Waals surface area contributed by atoms with Gasteiger partial charge in [0.2, 0.25) is 5.91 Å². The Morgan fingerprint density at radius 2 is 1.64 bits per heavy atom. The first-order valence-electron chi connectivity index (χ1n) is 10.8. The maximum absolute atomic E-state index is 13.0. The van der Waals surface area contributed by atoms with E-state index in [2.05, 4.69) is 10.6 Å². The van der Waals surface area contributed by atoms with Crippen LogP contribution in [0.1, 0.15) is 17.3 Å². The van der Waals surface area contributed by atoms with E-state index in [4.69, 9.17) is 9.47 Å². The summed E-state index contributed by atoms with van der Waals surface area (Å²) in [5.41, 5.74) is 2.67. The fourth-order valence-electron chi connectivity index (χ4n) is 3.26. The van der Waals surface area contributed by atoms with Crippen molar-refractivity contribution in [1.82, 2.24) is 0 Å². The maximum atomic E-state index is 13.0. The van der Waals surface area contributed by atoms with Crippen molar-refractivity contribution in [3.05, 3.63) is 84.4 Å². The molecule has 0 aliphatic carbocycles. The zero-order chi connectivity index (χ0) is 23.5. The van der Waals surface area contributed by atoms with Gasteiger partial charge in [0.1, 0.15) is 12.4 Å². The van der Waals surface area contributed by atoms with E-state index in [0.29, 0.717) is 36.8 Å². The number of nitrogens with one attached hydrogen (secondary N) is 2. The Labute approximate surface area is 194 Å². The summed E-state index contributed by atoms with van der Waals surface area (Å²) in [6.07, 6.45) is 0. The van der Waals surface area contributed by atoms with E-state index in [1.165, 1.54) is 0 Å². The third-order valence-electron chi connectivity index (χ3n) is 4.87. The summed E-state index contributed by atoms with van der Waals surface area (Å²) < 4.78 is 10.6. The summed E-state index contributed by atoms with van der Waals surface area (Å²) in [6.45, 7) is 3.50. The second kappa shape index (κ2) is 12.3. The summed E-state index contributed by atoms with van der Waals surface area (Å²) in [7, 11) is 1.62. The fourth-order valence-corrected chi connectivity index (χ4v) is 3.26. The van der Waals surface area contributed by atoms with Crippen LogP contribution >= 0.6 is 0 Å². The maximum Gasteiger partial charge on any atom is 0.258 e. The molecular formula is C26H29N3O4. The number of ether oxygens (including phenoxy) is 2. The molecule has 7 heteroatoms. The number of hydrogen-bond donors (Lipinski definition) is 2. The van der Waals surface area contributed by atoms with Crippen molar-refractivity contribution < 1.29 is 19.1 Å². The molecule has 7 nitrogen and oxygen atoms in total. The molecule has 3 aromatic carbocycles. The molecular weight excluding hydrogens is 418 g/mol. The number of nitrogens with zero attached hydrogens (tertiary/aromatic N) is 1. The fraction of sp³-hybridized carbons (Fsp3) is 0.231. The van der Waals surface area contributed by atoms with Crippen LogP contribution in [0.5, 0.6) is 5.75 Å². The van der Waals surface area contributed by atoms with E-state index in [1.54, 1.807) is 36.3 Å². The van der Waals surface area contributed by atoms with Crippen molar-refractivity contribution in [3.63, 3.8) is 0 Å². The molecule has 0 spiro atoms. The first-order chi connectivity index (χ1) is 16.1. The highest BCUT2D eigenvalue weighted by molar-refractivity contribution is 6.07. The Hall–Kier alpha value is -3.84. The van der Waals surface area contributed by atoms with E-state index in [9.17, 15) is 9.59 Å². The molecule has 33 heavy (non-hydrogen) atoms. The van der Waals surface area contributed by atoms with Gasteiger partial charge in [0, 0.05) is 42.3 Å². The van der Waals surface area contributed by atoms with Gasteiger partial charge in [-0.25, -0.2) is 0 Å². The minimum Gasteiger partial charge on any atom is -0.491 e. The second-order valence-corrected chi connectivity index (χ2v) is 7.24. The number of hydrogen-bond acceptors (Lipinski definition) is 5. The number of para-hydroxylation sites is 1. The molecule has 0 atom stereocenters. The number of benzene rings is 3. The van der Waals surface area contributed by atoms with Gasteiger partial charge in [-0.15, -0.1) is 0 Å². The van der Waals surface area contributed by atoms with Crippen LogP contribution in [0.2, 0.25) is 0 Å². The predicted molar refractivity (Wildman–Crippen MR) is 131 cm³/mol. The summed E-state index contributed by atoms with van der Waals surface area (Å²) in [6, 6.07) is 23.8. The molecule has 0 radical (unpaired) electrons. The van der Waals surface area contributed by atoms with Crippen LogP contribution in [0.4, 0.5) is 17.1 Å². The molecule has 0 heterocycles. The standard InChI is InChI=1S/C26H29N3O4/c1-3-29(23-12-5-4-6-13-23)26(31)20-9-7-11-22(17-20)28-25(30)19-27-21-10-8-14-24(18-21)33-16-15-32-2/h4-14,17-18,27H,3,15-16,19H2,1-2H3,(H,28,30). The molecule has 0 saturated heterocycles. The van der Waals surface area contributed by atoms with Crippen LogP contribution in [0.3, 0.4) is 0 Å². The lowest BCUT2D eigenvalue weighted by molar-refractivity contribution is -0.114. The van der Waals surface area contributed by atoms with E-state index in [0.717, 1.165) is 11.4 Å². The normalized spacial score (nSPS) is 10.4. The Bertz CT molecular complexity index is 1060. The quantitative estimate of drug-likeness (QED) is 0.425. The van der Waals surface area contributed by atoms with Crippen LogP contribution in [-0.2, 0) is 9.53 Å². The first kappa shape index (κ1) is 23.8. The highest BCUT2D eigenvalue weighted by Crippen LogP contribution is 2.19. The van der Waals surface area contributed by atoms with Gasteiger partial charge in [-0.05, 0) is 49.4 Å². The van der Waals surface area contributed by atoms with Gasteiger partial charge >= 0.3 is 0 Å². The molecule has 0 aliphatic heterocycles. The molecule has 2 N–H and O–H groups in total. The van der Waals surface area contributed by atoms with Crippen LogP contribution in [-0.4, -0.2) is 45.2 Å². The number of carbonyl (C=O) groups is 2. The van der Waals surface area contributed by atoms with Crippen molar-refractivity contribution >= 4 is 28.9 Å². The largest absolute Gasteiger partial charge is 0.491 e. The molecule has 0 bridgehead atoms. The van der Waals surface area contributed by atoms with E-state index >= 15 is 0 Å². The Kier molecular flexibility index (Phi) is 8.85. The second-order valence-electron chi connectivity index (χ2n) is 7.24. The average Bonchev–Trinajstić information content (AvgIpc) is 2.84. The Morgan fingerprint density at radius 3 is 2.39 bits per heavy atom. The molecule has 3 aromatic rings. The molecule has 0 fully saturated rings. The highest BCUT2D eigenvalue weighted by atomic mass is 16.5. The van der Waals surface area contributed by atoms with Crippen molar-refractivity contribution in [2.24, 2.45) is 0 Å². The lowest BCUT2D eigenvalue weighted by atomic mass is 10.1. The summed E-state index contributed by atoms with van der Waals surface area (Å²) in [4.78, 5) is 27.2. The number of rotatable bonds is 11. The van der Waals surface area contributed by atoms with Crippen LogP contribution in [0.25, 0.3) is 0 Å². The molecule has 172 valence electrons. The van der Waals surface area contributed by atoms with Gasteiger partial charge in [0.25, 0.3) is 5.91 Å². The number of anilines is 3. The topological polar surface area (TPSA) is 79.9 Å². The zero-order valence-corrected chi connectivity index (χ0v) is 18.9. The molecule has 0 aromatic heterocycles. The molecule has 2 amide bonds. The minimum absolute atomic E-state index is 0.0742. The van der Waals surface area contributed by atoms with Crippen molar-refractivity contribution in [2.75, 3.05) is 48.9 Å². The van der Waals surface area contributed by atoms with Gasteiger partial charge in [-0.2, -0.15) is 0 Å². The summed E-state index contributed by atoms with van der Waals surface area (Å²) in [5.74, 6) is 0.353. The SMILES string of the molecule is CCN(C(=O)c1cccc(NC(=O)CNc2cccc(OCCOC)c2)c1)c1ccccc1. The zero-order valence-electron chi connectivity index (χ0n) is 18.9. The van der Waals surface area contributed by atoms with Crippen molar-refractivity contribution in [3.8, 4) is 5.75 Å². The first-order valence-corrected chi connectivity index (χ1v) is 10.8. The Morgan fingerprint density at radius 1 is 0.879 bits per heavy atom. The third kappa shape index (κ3) is 7.08. The van der Waals surface area contributed by atoms with E-state index < -0.39 is 0 Å². The molecule has 0 saturated carbocycles. The lowest BCUT2D eigenvalue weighted by Crippen LogP contribution is -2.30. The molecule has 0 aliphatic rings. The number of methoxy groups -OCH3 is 1. The van der Waals surface area contributed by atoms with Gasteiger partial charge in [-0.3, -0.25) is 9.59 Å². The van der Waals surface area contributed by atoms with Crippen LogP contribution in [0, 0.1) is 0 Å². The average molecular weight is 448 g/mol. The highest BCUT2D eigenvalue weighted by Gasteiger charge is 2.16. The van der Waals surface area contributed by atoms with Crippen molar-refractivity contribution in [2.45, 2.75) is 6.92 Å². The van der Waals surface area contributed by atoms with Crippen LogP contribution < -0.4 is 20.3 Å². The third-order valence-corrected chi connectivity index (χ3v) is 4.87. The van der Waals surface area contributed by atoms with E-state index in [-0.39, 0.29) is 18.4 Å². The predicted octanol–water partition coefficient (Wildman–Crippen LogP) is 4.43. The Balaban J connectivity index is 1.58. The molecule has 3 rings (SSSR count). The van der Waals surface area contributed by atoms with Gasteiger partial charge in [-0.1, -0.05) is 30.3 Å². The van der Waals surface area contributed by atoms with E-state index in [1.807, 2.05) is 61.5 Å². The smallest absolute Gasteiger partial charge is 0.258 e. The van der Waals surface area contributed by atoms with Gasteiger partial charge < -0.3 is 25.0 Å². The van der Waals surface area contributed by atoms with Crippen LogP contribution in [0.15, 0.2) is 78.9 Å². The summed E-state index contributed by atoms with van der Waals surface area (Å²) in [5, 5.41) is 5.92.